The van der Waals surface area contributed by atoms with Crippen molar-refractivity contribution in [2.75, 3.05) is 0 Å². The van der Waals surface area contributed by atoms with Crippen molar-refractivity contribution in [3.8, 4) is 0 Å². The molecule has 0 radical (unpaired) electrons. The maximum absolute atomic E-state index is 4.37. The first-order chi connectivity index (χ1) is 9.52. The third-order valence-corrected chi connectivity index (χ3v) is 3.30. The molecule has 0 saturated carbocycles. The van der Waals surface area contributed by atoms with Gasteiger partial charge in [0, 0.05) is 41.9 Å². The van der Waals surface area contributed by atoms with E-state index in [1.807, 2.05) is 32.3 Å². The zero-order chi connectivity index (χ0) is 14.5. The normalized spacial score (nSPS) is 11.1. The van der Waals surface area contributed by atoms with Gasteiger partial charge in [-0.1, -0.05) is 13.8 Å². The van der Waals surface area contributed by atoms with Gasteiger partial charge in [-0.3, -0.25) is 0 Å². The summed E-state index contributed by atoms with van der Waals surface area (Å²) in [6.07, 6.45) is 3.68. The second kappa shape index (κ2) is 6.76. The molecule has 0 saturated heterocycles. The Balaban J connectivity index is 2.03. The van der Waals surface area contributed by atoms with Gasteiger partial charge >= 0.3 is 0 Å². The zero-order valence-corrected chi connectivity index (χ0v) is 13.0. The molecule has 0 aliphatic carbocycles. The topological polar surface area (TPSA) is 63.6 Å². The summed E-state index contributed by atoms with van der Waals surface area (Å²) in [5.41, 5.74) is 2.99. The van der Waals surface area contributed by atoms with Crippen molar-refractivity contribution in [3.05, 3.63) is 35.4 Å². The molecule has 0 aliphatic heterocycles. The van der Waals surface area contributed by atoms with Crippen molar-refractivity contribution in [3.63, 3.8) is 0 Å². The molecule has 2 aromatic heterocycles. The number of nitrogens with zero attached hydrogens (tertiary/aromatic N) is 4. The average Bonchev–Trinajstić information content (AvgIpc) is 2.36. The van der Waals surface area contributed by atoms with Gasteiger partial charge in [-0.05, 0) is 31.7 Å². The molecule has 1 N–H and O–H groups in total. The lowest BCUT2D eigenvalue weighted by Gasteiger charge is -2.07. The highest BCUT2D eigenvalue weighted by atomic mass is 32.2. The van der Waals surface area contributed by atoms with E-state index in [4.69, 9.17) is 0 Å². The van der Waals surface area contributed by atoms with E-state index in [2.05, 4.69) is 39.1 Å². The quantitative estimate of drug-likeness (QED) is 0.853. The lowest BCUT2D eigenvalue weighted by molar-refractivity contribution is 0.585. The van der Waals surface area contributed by atoms with Crippen LogP contribution in [0.1, 0.15) is 30.8 Å². The van der Waals surface area contributed by atoms with Gasteiger partial charge in [-0.2, -0.15) is 0 Å². The average molecular weight is 289 g/mol. The summed E-state index contributed by atoms with van der Waals surface area (Å²) in [4.78, 5) is 17.4. The summed E-state index contributed by atoms with van der Waals surface area (Å²) in [7, 11) is 0. The lowest BCUT2D eigenvalue weighted by atomic mass is 10.3. The van der Waals surface area contributed by atoms with Crippen molar-refractivity contribution in [1.82, 2.24) is 25.3 Å². The predicted molar refractivity (Wildman–Crippen MR) is 79.6 cm³/mol. The van der Waals surface area contributed by atoms with Crippen molar-refractivity contribution in [2.45, 2.75) is 50.6 Å². The van der Waals surface area contributed by atoms with Crippen LogP contribution in [-0.2, 0) is 6.54 Å². The minimum absolute atomic E-state index is 0.452. The zero-order valence-electron chi connectivity index (χ0n) is 12.2. The Morgan fingerprint density at radius 3 is 2.20 bits per heavy atom. The second-order valence-electron chi connectivity index (χ2n) is 4.94. The van der Waals surface area contributed by atoms with Gasteiger partial charge in [0.15, 0.2) is 10.3 Å². The lowest BCUT2D eigenvalue weighted by Crippen LogP contribution is -2.21. The number of aromatic nitrogens is 4. The molecule has 0 amide bonds. The van der Waals surface area contributed by atoms with Crippen molar-refractivity contribution in [2.24, 2.45) is 0 Å². The van der Waals surface area contributed by atoms with Gasteiger partial charge in [0.1, 0.15) is 0 Å². The summed E-state index contributed by atoms with van der Waals surface area (Å²) in [5, 5.41) is 4.69. The molecule has 6 heteroatoms. The molecule has 5 nitrogen and oxygen atoms in total. The molecule has 0 bridgehead atoms. The summed E-state index contributed by atoms with van der Waals surface area (Å²) < 4.78 is 0. The summed E-state index contributed by atoms with van der Waals surface area (Å²) in [6, 6.07) is 2.40. The van der Waals surface area contributed by atoms with E-state index in [1.54, 1.807) is 0 Å². The highest BCUT2D eigenvalue weighted by Gasteiger charge is 2.05. The maximum Gasteiger partial charge on any atom is 0.195 e. The van der Waals surface area contributed by atoms with Gasteiger partial charge < -0.3 is 5.32 Å². The largest absolute Gasteiger partial charge is 0.310 e. The molecule has 0 spiro atoms. The van der Waals surface area contributed by atoms with Gasteiger partial charge in [0.05, 0.1) is 0 Å². The minimum Gasteiger partial charge on any atom is -0.310 e. The SMILES string of the molecule is Cc1cc(C)nc(Sc2ncc(CNC(C)C)cn2)n1. The molecular formula is C14H19N5S. The molecule has 2 aromatic rings. The summed E-state index contributed by atoms with van der Waals surface area (Å²) in [5.74, 6) is 0. The van der Waals surface area contributed by atoms with E-state index in [0.29, 0.717) is 16.4 Å². The van der Waals surface area contributed by atoms with Gasteiger partial charge in [0.25, 0.3) is 0 Å². The molecule has 0 atom stereocenters. The Morgan fingerprint density at radius 2 is 1.65 bits per heavy atom. The predicted octanol–water partition coefficient (Wildman–Crippen LogP) is 2.53. The van der Waals surface area contributed by atoms with Crippen LogP contribution in [0.15, 0.2) is 28.8 Å². The van der Waals surface area contributed by atoms with Crippen molar-refractivity contribution in [1.29, 1.82) is 0 Å². The summed E-state index contributed by atoms with van der Waals surface area (Å²) in [6.45, 7) is 8.92. The second-order valence-corrected chi connectivity index (χ2v) is 5.88. The number of nitrogens with one attached hydrogen (secondary N) is 1. The molecule has 0 aliphatic rings. The Labute approximate surface area is 123 Å². The Morgan fingerprint density at radius 1 is 1.05 bits per heavy atom. The smallest absolute Gasteiger partial charge is 0.195 e. The first-order valence-electron chi connectivity index (χ1n) is 6.57. The molecule has 0 unspecified atom stereocenters. The van der Waals surface area contributed by atoms with Gasteiger partial charge in [-0.15, -0.1) is 0 Å². The van der Waals surface area contributed by atoms with E-state index in [9.17, 15) is 0 Å². The van der Waals surface area contributed by atoms with Crippen LogP contribution in [0, 0.1) is 13.8 Å². The van der Waals surface area contributed by atoms with Crippen LogP contribution in [0.25, 0.3) is 0 Å². The first-order valence-corrected chi connectivity index (χ1v) is 7.39. The van der Waals surface area contributed by atoms with Gasteiger partial charge in [-0.25, -0.2) is 19.9 Å². The molecule has 20 heavy (non-hydrogen) atoms. The third kappa shape index (κ3) is 4.54. The minimum atomic E-state index is 0.452. The maximum atomic E-state index is 4.37. The van der Waals surface area contributed by atoms with Crippen LogP contribution in [0.5, 0.6) is 0 Å². The monoisotopic (exact) mass is 289 g/mol. The number of aryl methyl sites for hydroxylation is 2. The fourth-order valence-corrected chi connectivity index (χ4v) is 2.38. The Bertz CT molecular complexity index is 548. The number of hydrogen-bond donors (Lipinski definition) is 1. The third-order valence-electron chi connectivity index (χ3n) is 2.54. The molecular weight excluding hydrogens is 270 g/mol. The first kappa shape index (κ1) is 14.9. The number of rotatable bonds is 5. The summed E-state index contributed by atoms with van der Waals surface area (Å²) >= 11 is 1.38. The van der Waals surface area contributed by atoms with E-state index >= 15 is 0 Å². The van der Waals surface area contributed by atoms with Crippen LogP contribution in [0.2, 0.25) is 0 Å². The van der Waals surface area contributed by atoms with E-state index in [1.165, 1.54) is 11.8 Å². The van der Waals surface area contributed by atoms with Gasteiger partial charge in [0.2, 0.25) is 0 Å². The number of hydrogen-bond acceptors (Lipinski definition) is 6. The molecule has 0 aromatic carbocycles. The highest BCUT2D eigenvalue weighted by Crippen LogP contribution is 2.20. The fourth-order valence-electron chi connectivity index (χ4n) is 1.63. The Kier molecular flexibility index (Phi) is 5.03. The van der Waals surface area contributed by atoms with Crippen LogP contribution >= 0.6 is 11.8 Å². The van der Waals surface area contributed by atoms with Crippen LogP contribution in [0.3, 0.4) is 0 Å². The molecule has 106 valence electrons. The van der Waals surface area contributed by atoms with E-state index in [0.717, 1.165) is 23.5 Å². The van der Waals surface area contributed by atoms with Crippen LogP contribution in [-0.4, -0.2) is 26.0 Å². The Hall–Kier alpha value is -1.53. The van der Waals surface area contributed by atoms with Crippen LogP contribution in [0.4, 0.5) is 0 Å². The van der Waals surface area contributed by atoms with E-state index in [-0.39, 0.29) is 0 Å². The van der Waals surface area contributed by atoms with Crippen molar-refractivity contribution >= 4 is 11.8 Å². The van der Waals surface area contributed by atoms with E-state index < -0.39 is 0 Å². The standard InChI is InChI=1S/C14H19N5S/c1-9(2)15-6-12-7-16-13(17-8-12)20-14-18-10(3)5-11(4)19-14/h5,7-9,15H,6H2,1-4H3. The molecule has 2 rings (SSSR count). The van der Waals surface area contributed by atoms with Crippen molar-refractivity contribution < 1.29 is 0 Å². The fraction of sp³-hybridized carbons (Fsp3) is 0.429. The van der Waals surface area contributed by atoms with Crippen LogP contribution < -0.4 is 5.32 Å². The molecule has 0 fully saturated rings. The molecule has 2 heterocycles. The highest BCUT2D eigenvalue weighted by molar-refractivity contribution is 7.99.